The van der Waals surface area contributed by atoms with Crippen LogP contribution in [0.15, 0.2) is 0 Å². The third-order valence-corrected chi connectivity index (χ3v) is 2.26. The summed E-state index contributed by atoms with van der Waals surface area (Å²) >= 11 is 0. The van der Waals surface area contributed by atoms with Gasteiger partial charge in [0.1, 0.15) is 11.6 Å². The van der Waals surface area contributed by atoms with E-state index in [1.54, 1.807) is 20.8 Å². The molecule has 0 aliphatic carbocycles. The van der Waals surface area contributed by atoms with E-state index < -0.39 is 48.2 Å². The van der Waals surface area contributed by atoms with Crippen LogP contribution in [0.2, 0.25) is 0 Å². The van der Waals surface area contributed by atoms with Gasteiger partial charge in [0.25, 0.3) is 0 Å². The van der Waals surface area contributed by atoms with E-state index in [0.29, 0.717) is 0 Å². The Morgan fingerprint density at radius 1 is 1.14 bits per heavy atom. The molecule has 0 saturated carbocycles. The number of esters is 1. The van der Waals surface area contributed by atoms with Crippen molar-refractivity contribution in [2.24, 2.45) is 0 Å². The number of carbonyl (C=O) groups is 4. The lowest BCUT2D eigenvalue weighted by Gasteiger charge is -2.23. The van der Waals surface area contributed by atoms with Crippen molar-refractivity contribution in [2.75, 3.05) is 0 Å². The molecule has 2 atom stereocenters. The van der Waals surface area contributed by atoms with Gasteiger partial charge < -0.3 is 25.0 Å². The van der Waals surface area contributed by atoms with E-state index in [1.165, 1.54) is 0 Å². The smallest absolute Gasteiger partial charge is 0.408 e. The van der Waals surface area contributed by atoms with E-state index in [4.69, 9.17) is 14.9 Å². The topological polar surface area (TPSA) is 139 Å². The van der Waals surface area contributed by atoms with Gasteiger partial charge in [0.2, 0.25) is 0 Å². The van der Waals surface area contributed by atoms with Gasteiger partial charge in [-0.25, -0.2) is 14.4 Å². The first-order valence-electron chi connectivity index (χ1n) is 6.57. The summed E-state index contributed by atoms with van der Waals surface area (Å²) in [4.78, 5) is 44.7. The maximum absolute atomic E-state index is 11.8. The molecule has 22 heavy (non-hydrogen) atoms. The Balaban J connectivity index is 4.81. The maximum Gasteiger partial charge on any atom is 0.408 e. The fraction of sp³-hybridized carbons (Fsp3) is 0.692. The number of amides is 1. The van der Waals surface area contributed by atoms with Crippen LogP contribution in [-0.2, 0) is 23.9 Å². The van der Waals surface area contributed by atoms with Gasteiger partial charge in [0.05, 0.1) is 0 Å². The molecule has 0 bridgehead atoms. The Bertz CT molecular complexity index is 440. The average molecular weight is 319 g/mol. The summed E-state index contributed by atoms with van der Waals surface area (Å²) in [6.45, 7) is 5.99. The van der Waals surface area contributed by atoms with E-state index in [0.717, 1.165) is 6.92 Å². The molecule has 0 aromatic heterocycles. The summed E-state index contributed by atoms with van der Waals surface area (Å²) in [5.74, 6) is -3.57. The van der Waals surface area contributed by atoms with Gasteiger partial charge in [-0.1, -0.05) is 0 Å². The minimum absolute atomic E-state index is 0.250. The lowest BCUT2D eigenvalue weighted by Crippen LogP contribution is -2.45. The Morgan fingerprint density at radius 2 is 1.68 bits per heavy atom. The normalized spacial score (nSPS) is 13.6. The minimum atomic E-state index is -1.42. The summed E-state index contributed by atoms with van der Waals surface area (Å²) in [5.41, 5.74) is -0.806. The fourth-order valence-corrected chi connectivity index (χ4v) is 1.27. The summed E-state index contributed by atoms with van der Waals surface area (Å²) in [6.07, 6.45) is -3.00. The number of carbonyl (C=O) groups excluding carboxylic acids is 2. The highest BCUT2D eigenvalue weighted by molar-refractivity contribution is 5.84. The number of nitrogens with one attached hydrogen (secondary N) is 1. The van der Waals surface area contributed by atoms with Crippen molar-refractivity contribution in [3.05, 3.63) is 0 Å². The molecule has 3 N–H and O–H groups in total. The van der Waals surface area contributed by atoms with Crippen molar-refractivity contribution in [1.82, 2.24) is 5.32 Å². The quantitative estimate of drug-likeness (QED) is 0.584. The SMILES string of the molecule is C[C@H](OC(=O)[C@H](CCC(=O)O)NC(=O)OC(C)(C)C)C(=O)O. The van der Waals surface area contributed by atoms with Crippen molar-refractivity contribution in [1.29, 1.82) is 0 Å². The monoisotopic (exact) mass is 319 g/mol. The van der Waals surface area contributed by atoms with Crippen LogP contribution in [0.3, 0.4) is 0 Å². The number of carboxylic acids is 2. The van der Waals surface area contributed by atoms with Crippen molar-refractivity contribution in [3.63, 3.8) is 0 Å². The maximum atomic E-state index is 11.8. The number of rotatable bonds is 7. The van der Waals surface area contributed by atoms with Gasteiger partial charge in [0.15, 0.2) is 6.10 Å². The van der Waals surface area contributed by atoms with Crippen LogP contribution in [0.1, 0.15) is 40.5 Å². The molecule has 9 heteroatoms. The molecule has 0 radical (unpaired) electrons. The lowest BCUT2D eigenvalue weighted by atomic mass is 10.1. The summed E-state index contributed by atoms with van der Waals surface area (Å²) in [7, 11) is 0. The van der Waals surface area contributed by atoms with Gasteiger partial charge in [-0.05, 0) is 34.1 Å². The van der Waals surface area contributed by atoms with Crippen LogP contribution < -0.4 is 5.32 Å². The zero-order valence-electron chi connectivity index (χ0n) is 12.9. The van der Waals surface area contributed by atoms with Crippen molar-refractivity contribution >= 4 is 24.0 Å². The van der Waals surface area contributed by atoms with Gasteiger partial charge in [-0.15, -0.1) is 0 Å². The molecule has 0 fully saturated rings. The number of alkyl carbamates (subject to hydrolysis) is 1. The Hall–Kier alpha value is -2.32. The third-order valence-electron chi connectivity index (χ3n) is 2.26. The zero-order valence-corrected chi connectivity index (χ0v) is 12.9. The van der Waals surface area contributed by atoms with Crippen molar-refractivity contribution in [2.45, 2.75) is 58.3 Å². The Morgan fingerprint density at radius 3 is 2.09 bits per heavy atom. The molecule has 0 heterocycles. The van der Waals surface area contributed by atoms with Crippen LogP contribution in [0.25, 0.3) is 0 Å². The van der Waals surface area contributed by atoms with Crippen LogP contribution in [0.5, 0.6) is 0 Å². The summed E-state index contributed by atoms with van der Waals surface area (Å²) in [5, 5.41) is 19.5. The summed E-state index contributed by atoms with van der Waals surface area (Å²) in [6, 6.07) is -1.31. The van der Waals surface area contributed by atoms with E-state index >= 15 is 0 Å². The van der Waals surface area contributed by atoms with E-state index in [2.05, 4.69) is 10.1 Å². The first-order valence-corrected chi connectivity index (χ1v) is 6.57. The second-order valence-electron chi connectivity index (χ2n) is 5.55. The minimum Gasteiger partial charge on any atom is -0.481 e. The molecule has 0 rings (SSSR count). The lowest BCUT2D eigenvalue weighted by molar-refractivity contribution is -0.164. The van der Waals surface area contributed by atoms with E-state index in [1.807, 2.05) is 0 Å². The molecule has 0 spiro atoms. The number of ether oxygens (including phenoxy) is 2. The third kappa shape index (κ3) is 8.77. The molecule has 0 saturated heterocycles. The highest BCUT2D eigenvalue weighted by Crippen LogP contribution is 2.09. The number of hydrogen-bond acceptors (Lipinski definition) is 6. The second kappa shape index (κ2) is 8.20. The largest absolute Gasteiger partial charge is 0.481 e. The average Bonchev–Trinajstić information content (AvgIpc) is 2.31. The molecule has 0 aromatic carbocycles. The first-order chi connectivity index (χ1) is 9.92. The van der Waals surface area contributed by atoms with Crippen LogP contribution >= 0.6 is 0 Å². The molecule has 0 unspecified atom stereocenters. The Kier molecular flexibility index (Phi) is 7.34. The van der Waals surface area contributed by atoms with Gasteiger partial charge in [0, 0.05) is 6.42 Å². The van der Waals surface area contributed by atoms with Crippen LogP contribution in [-0.4, -0.2) is 52.0 Å². The summed E-state index contributed by atoms with van der Waals surface area (Å²) < 4.78 is 9.59. The fourth-order valence-electron chi connectivity index (χ4n) is 1.27. The molecule has 126 valence electrons. The molecule has 9 nitrogen and oxygen atoms in total. The van der Waals surface area contributed by atoms with Crippen LogP contribution in [0.4, 0.5) is 4.79 Å². The number of hydrogen-bond donors (Lipinski definition) is 3. The molecular formula is C13H21NO8. The zero-order chi connectivity index (χ0) is 17.5. The molecule has 0 aliphatic heterocycles. The number of carboxylic acid groups (broad SMARTS) is 2. The van der Waals surface area contributed by atoms with Crippen molar-refractivity contribution < 1.29 is 38.9 Å². The van der Waals surface area contributed by atoms with Gasteiger partial charge >= 0.3 is 24.0 Å². The molecular weight excluding hydrogens is 298 g/mol. The predicted molar refractivity (Wildman–Crippen MR) is 73.2 cm³/mol. The molecule has 0 aromatic rings. The predicted octanol–water partition coefficient (Wildman–Crippen LogP) is 0.761. The van der Waals surface area contributed by atoms with Crippen LogP contribution in [0, 0.1) is 0 Å². The second-order valence-corrected chi connectivity index (χ2v) is 5.55. The molecule has 1 amide bonds. The number of aliphatic carboxylic acids is 2. The van der Waals surface area contributed by atoms with E-state index in [-0.39, 0.29) is 6.42 Å². The van der Waals surface area contributed by atoms with E-state index in [9.17, 15) is 19.2 Å². The first kappa shape index (κ1) is 19.7. The van der Waals surface area contributed by atoms with Gasteiger partial charge in [-0.3, -0.25) is 4.79 Å². The highest BCUT2D eigenvalue weighted by atomic mass is 16.6. The Labute approximate surface area is 127 Å². The van der Waals surface area contributed by atoms with Gasteiger partial charge in [-0.2, -0.15) is 0 Å². The molecule has 0 aliphatic rings. The standard InChI is InChI=1S/C13H21NO8/c1-7(10(17)18)21-11(19)8(5-6-9(15)16)14-12(20)22-13(2,3)4/h7-8H,5-6H2,1-4H3,(H,14,20)(H,15,16)(H,17,18)/t7-,8-/m0/s1. The van der Waals surface area contributed by atoms with Crippen molar-refractivity contribution in [3.8, 4) is 0 Å². The highest BCUT2D eigenvalue weighted by Gasteiger charge is 2.28.